The molecular weight excluding hydrogens is 130 g/mol. The molecule has 0 aliphatic carbocycles. The van der Waals surface area contributed by atoms with Crippen LogP contribution in [0.4, 0.5) is 8.22 Å². The second-order valence-corrected chi connectivity index (χ2v) is 3.02. The van der Waals surface area contributed by atoms with Gasteiger partial charge in [0.1, 0.15) is 0 Å². The van der Waals surface area contributed by atoms with Gasteiger partial charge in [-0.25, -0.2) is 8.22 Å². The van der Waals surface area contributed by atoms with Crippen molar-refractivity contribution in [3.05, 3.63) is 12.3 Å². The number of hydrogen-bond acceptors (Lipinski definition) is 1. The van der Waals surface area contributed by atoms with Gasteiger partial charge < -0.3 is 4.43 Å². The van der Waals surface area contributed by atoms with Gasteiger partial charge in [-0.3, -0.25) is 0 Å². The molecule has 4 heteroatoms. The van der Waals surface area contributed by atoms with Gasteiger partial charge in [-0.1, -0.05) is 6.58 Å². The van der Waals surface area contributed by atoms with Gasteiger partial charge in [-0.2, -0.15) is 0 Å². The largest absolute Gasteiger partial charge is 0.605 e. The van der Waals surface area contributed by atoms with Crippen LogP contribution in [-0.2, 0) is 4.43 Å². The van der Waals surface area contributed by atoms with Crippen LogP contribution in [0.1, 0.15) is 6.92 Å². The molecular formula is C4H8F2OSi. The van der Waals surface area contributed by atoms with Crippen LogP contribution in [0.15, 0.2) is 12.3 Å². The SMILES string of the molecule is C=C[Si](F)(F)OCC. The molecule has 0 rings (SSSR count). The van der Waals surface area contributed by atoms with Crippen molar-refractivity contribution >= 4 is 8.99 Å². The van der Waals surface area contributed by atoms with E-state index in [1.54, 1.807) is 0 Å². The van der Waals surface area contributed by atoms with Crippen molar-refractivity contribution in [2.75, 3.05) is 6.61 Å². The van der Waals surface area contributed by atoms with Gasteiger partial charge in [-0.15, -0.1) is 0 Å². The van der Waals surface area contributed by atoms with E-state index < -0.39 is 8.99 Å². The third kappa shape index (κ3) is 2.87. The molecule has 0 saturated heterocycles. The summed E-state index contributed by atoms with van der Waals surface area (Å²) in [6.45, 7) is 4.53. The number of halogens is 2. The Bertz CT molecular complexity index is 84.1. The highest BCUT2D eigenvalue weighted by molar-refractivity contribution is 6.64. The van der Waals surface area contributed by atoms with Gasteiger partial charge in [0.25, 0.3) is 0 Å². The maximum absolute atomic E-state index is 12.0. The Morgan fingerprint density at radius 3 is 2.38 bits per heavy atom. The third-order valence-corrected chi connectivity index (χ3v) is 1.72. The Kier molecular flexibility index (Phi) is 2.85. The third-order valence-electron chi connectivity index (χ3n) is 0.574. The van der Waals surface area contributed by atoms with Crippen LogP contribution in [0.2, 0.25) is 0 Å². The maximum Gasteiger partial charge on any atom is 0.605 e. The fourth-order valence-corrected chi connectivity index (χ4v) is 0.754. The van der Waals surface area contributed by atoms with Crippen LogP contribution < -0.4 is 0 Å². The molecule has 0 aromatic rings. The van der Waals surface area contributed by atoms with E-state index in [0.717, 1.165) is 0 Å². The molecule has 8 heavy (non-hydrogen) atoms. The minimum absolute atomic E-state index is 0.0608. The highest BCUT2D eigenvalue weighted by Crippen LogP contribution is 2.07. The molecule has 0 amide bonds. The molecule has 0 bridgehead atoms. The molecule has 0 aliphatic heterocycles. The average molecular weight is 138 g/mol. The monoisotopic (exact) mass is 138 g/mol. The molecule has 0 atom stereocenters. The summed E-state index contributed by atoms with van der Waals surface area (Å²) in [6, 6.07) is 0. The fraction of sp³-hybridized carbons (Fsp3) is 0.500. The summed E-state index contributed by atoms with van der Waals surface area (Å²) >= 11 is 0. The highest BCUT2D eigenvalue weighted by atomic mass is 28.4. The zero-order chi connectivity index (χ0) is 6.62. The molecule has 0 heterocycles. The lowest BCUT2D eigenvalue weighted by Gasteiger charge is -2.04. The Morgan fingerprint density at radius 2 is 2.25 bits per heavy atom. The lowest BCUT2D eigenvalue weighted by atomic mass is 10.9. The first kappa shape index (κ1) is 7.78. The summed E-state index contributed by atoms with van der Waals surface area (Å²) in [6.07, 6.45) is 0. The lowest BCUT2D eigenvalue weighted by Crippen LogP contribution is -2.24. The predicted molar refractivity (Wildman–Crippen MR) is 29.8 cm³/mol. The van der Waals surface area contributed by atoms with E-state index in [4.69, 9.17) is 0 Å². The molecule has 0 unspecified atom stereocenters. The predicted octanol–water partition coefficient (Wildman–Crippen LogP) is 1.63. The van der Waals surface area contributed by atoms with Crippen molar-refractivity contribution in [1.82, 2.24) is 0 Å². The first-order valence-corrected chi connectivity index (χ1v) is 4.02. The zero-order valence-electron chi connectivity index (χ0n) is 4.66. The summed E-state index contributed by atoms with van der Waals surface area (Å²) in [5.74, 6) is 0. The van der Waals surface area contributed by atoms with E-state index in [1.165, 1.54) is 6.92 Å². The standard InChI is InChI=1S/C4H8F2OSi/c1-3-7-8(5,6)4-2/h4H,2-3H2,1H3. The second kappa shape index (κ2) is 2.94. The molecule has 48 valence electrons. The van der Waals surface area contributed by atoms with Gasteiger partial charge in [0, 0.05) is 6.61 Å². The van der Waals surface area contributed by atoms with Gasteiger partial charge >= 0.3 is 8.99 Å². The van der Waals surface area contributed by atoms with E-state index in [-0.39, 0.29) is 6.61 Å². The van der Waals surface area contributed by atoms with Gasteiger partial charge in [0.05, 0.1) is 0 Å². The minimum Gasteiger partial charge on any atom is -0.365 e. The van der Waals surface area contributed by atoms with Gasteiger partial charge in [0.15, 0.2) is 0 Å². The number of rotatable bonds is 3. The van der Waals surface area contributed by atoms with Crippen LogP contribution in [0.3, 0.4) is 0 Å². The topological polar surface area (TPSA) is 9.23 Å². The summed E-state index contributed by atoms with van der Waals surface area (Å²) in [4.78, 5) is 0. The molecule has 0 aromatic heterocycles. The fourth-order valence-electron chi connectivity index (χ4n) is 0.251. The van der Waals surface area contributed by atoms with Gasteiger partial charge in [0.2, 0.25) is 0 Å². The van der Waals surface area contributed by atoms with Crippen LogP contribution >= 0.6 is 0 Å². The Labute approximate surface area is 48.4 Å². The quantitative estimate of drug-likeness (QED) is 0.425. The highest BCUT2D eigenvalue weighted by Gasteiger charge is 2.32. The maximum atomic E-state index is 12.0. The van der Waals surface area contributed by atoms with Crippen molar-refractivity contribution < 1.29 is 12.6 Å². The molecule has 0 radical (unpaired) electrons. The molecule has 0 fully saturated rings. The van der Waals surface area contributed by atoms with Crippen LogP contribution in [0, 0.1) is 0 Å². The van der Waals surface area contributed by atoms with E-state index in [0.29, 0.717) is 5.70 Å². The van der Waals surface area contributed by atoms with Crippen molar-refractivity contribution in [1.29, 1.82) is 0 Å². The van der Waals surface area contributed by atoms with Crippen molar-refractivity contribution in [2.45, 2.75) is 6.92 Å². The van der Waals surface area contributed by atoms with Crippen LogP contribution in [-0.4, -0.2) is 15.6 Å². The van der Waals surface area contributed by atoms with E-state index >= 15 is 0 Å². The first-order valence-electron chi connectivity index (χ1n) is 2.27. The molecule has 1 nitrogen and oxygen atoms in total. The van der Waals surface area contributed by atoms with Crippen molar-refractivity contribution in [3.8, 4) is 0 Å². The number of hydrogen-bond donors (Lipinski definition) is 0. The minimum atomic E-state index is -4.41. The molecule has 0 saturated carbocycles. The molecule has 0 aliphatic rings. The van der Waals surface area contributed by atoms with Crippen molar-refractivity contribution in [2.24, 2.45) is 0 Å². The van der Waals surface area contributed by atoms with E-state index in [1.807, 2.05) is 0 Å². The normalized spacial score (nSPS) is 11.4. The van der Waals surface area contributed by atoms with E-state index in [2.05, 4.69) is 11.0 Å². The van der Waals surface area contributed by atoms with Crippen molar-refractivity contribution in [3.63, 3.8) is 0 Å². The Morgan fingerprint density at radius 1 is 1.75 bits per heavy atom. The average Bonchev–Trinajstić information content (AvgIpc) is 1.67. The van der Waals surface area contributed by atoms with Gasteiger partial charge in [-0.05, 0) is 12.6 Å². The molecule has 0 spiro atoms. The smallest absolute Gasteiger partial charge is 0.365 e. The first-order chi connectivity index (χ1) is 3.62. The Balaban J connectivity index is 3.53. The Hall–Kier alpha value is -0.223. The second-order valence-electron chi connectivity index (χ2n) is 1.20. The summed E-state index contributed by atoms with van der Waals surface area (Å²) < 4.78 is 28.0. The van der Waals surface area contributed by atoms with Crippen LogP contribution in [0.25, 0.3) is 0 Å². The molecule has 0 N–H and O–H groups in total. The summed E-state index contributed by atoms with van der Waals surface area (Å²) in [5, 5.41) is 0. The van der Waals surface area contributed by atoms with Crippen LogP contribution in [0.5, 0.6) is 0 Å². The zero-order valence-corrected chi connectivity index (χ0v) is 5.66. The summed E-state index contributed by atoms with van der Waals surface area (Å²) in [7, 11) is -4.41. The van der Waals surface area contributed by atoms with E-state index in [9.17, 15) is 8.22 Å². The summed E-state index contributed by atoms with van der Waals surface area (Å²) in [5.41, 5.74) is 0.608. The molecule has 0 aromatic carbocycles. The lowest BCUT2D eigenvalue weighted by molar-refractivity contribution is 0.251.